The number of carbonyl (C=O) groups excluding carboxylic acids is 1. The molecular weight excluding hydrogens is 270 g/mol. The zero-order valence-electron chi connectivity index (χ0n) is 12.3. The van der Waals surface area contributed by atoms with Gasteiger partial charge >= 0.3 is 0 Å². The molecule has 21 heavy (non-hydrogen) atoms. The molecule has 1 aliphatic rings. The quantitative estimate of drug-likeness (QED) is 0.908. The van der Waals surface area contributed by atoms with Gasteiger partial charge in [-0.1, -0.05) is 6.92 Å². The second-order valence-electron chi connectivity index (χ2n) is 5.28. The van der Waals surface area contributed by atoms with Crippen LogP contribution < -0.4 is 5.32 Å². The summed E-state index contributed by atoms with van der Waals surface area (Å²) in [6.07, 6.45) is 4.02. The molecule has 3 rings (SSSR count). The van der Waals surface area contributed by atoms with Crippen molar-refractivity contribution in [2.24, 2.45) is 5.92 Å². The molecule has 7 nitrogen and oxygen atoms in total. The van der Waals surface area contributed by atoms with Crippen LogP contribution in [0, 0.1) is 12.8 Å². The van der Waals surface area contributed by atoms with Gasteiger partial charge in [0.1, 0.15) is 17.4 Å². The van der Waals surface area contributed by atoms with Crippen LogP contribution in [0.1, 0.15) is 36.6 Å². The Morgan fingerprint density at radius 1 is 1.57 bits per heavy atom. The highest BCUT2D eigenvalue weighted by atomic mass is 16.4. The van der Waals surface area contributed by atoms with Crippen LogP contribution in [0.15, 0.2) is 10.6 Å². The lowest BCUT2D eigenvalue weighted by Gasteiger charge is -2.21. The fourth-order valence-electron chi connectivity index (χ4n) is 2.56. The van der Waals surface area contributed by atoms with Gasteiger partial charge in [-0.05, 0) is 13.3 Å². The molecule has 1 atom stereocenters. The Hall–Kier alpha value is -2.18. The molecule has 1 amide bonds. The summed E-state index contributed by atoms with van der Waals surface area (Å²) in [6, 6.07) is 0. The van der Waals surface area contributed by atoms with Gasteiger partial charge in [-0.2, -0.15) is 5.10 Å². The lowest BCUT2D eigenvalue weighted by Crippen LogP contribution is -2.36. The van der Waals surface area contributed by atoms with E-state index in [2.05, 4.69) is 20.4 Å². The molecule has 112 valence electrons. The van der Waals surface area contributed by atoms with Crippen LogP contribution in [0.2, 0.25) is 0 Å². The van der Waals surface area contributed by atoms with Gasteiger partial charge in [0.05, 0.1) is 25.2 Å². The average molecular weight is 289 g/mol. The van der Waals surface area contributed by atoms with Crippen molar-refractivity contribution in [3.63, 3.8) is 0 Å². The second-order valence-corrected chi connectivity index (χ2v) is 5.28. The van der Waals surface area contributed by atoms with Crippen LogP contribution >= 0.6 is 0 Å². The third-order valence-corrected chi connectivity index (χ3v) is 3.68. The molecule has 0 aliphatic carbocycles. The van der Waals surface area contributed by atoms with Crippen molar-refractivity contribution in [1.82, 2.24) is 25.1 Å². The smallest absolute Gasteiger partial charge is 0.225 e. The van der Waals surface area contributed by atoms with E-state index in [1.165, 1.54) is 0 Å². The molecule has 2 aromatic heterocycles. The number of amides is 1. The number of rotatable bonds is 4. The SMILES string of the molecule is CCc1ncc(CNC(=O)C2CCc3nc(C)nn3C2)o1. The van der Waals surface area contributed by atoms with Gasteiger partial charge in [-0.3, -0.25) is 4.79 Å². The fourth-order valence-corrected chi connectivity index (χ4v) is 2.56. The van der Waals surface area contributed by atoms with Crippen LogP contribution in [-0.4, -0.2) is 25.7 Å². The maximum atomic E-state index is 12.2. The number of hydrogen-bond acceptors (Lipinski definition) is 5. The molecule has 1 aliphatic heterocycles. The van der Waals surface area contributed by atoms with Crippen LogP contribution in [0.4, 0.5) is 0 Å². The minimum absolute atomic E-state index is 0.0308. The lowest BCUT2D eigenvalue weighted by molar-refractivity contribution is -0.126. The van der Waals surface area contributed by atoms with Crippen molar-refractivity contribution in [2.45, 2.75) is 46.2 Å². The summed E-state index contributed by atoms with van der Waals surface area (Å²) in [5.74, 6) is 3.09. The number of nitrogens with one attached hydrogen (secondary N) is 1. The first-order chi connectivity index (χ1) is 10.2. The summed E-state index contributed by atoms with van der Waals surface area (Å²) in [5, 5.41) is 7.22. The van der Waals surface area contributed by atoms with Crippen molar-refractivity contribution in [2.75, 3.05) is 0 Å². The van der Waals surface area contributed by atoms with E-state index in [1.54, 1.807) is 6.20 Å². The molecule has 3 heterocycles. The maximum absolute atomic E-state index is 12.2. The van der Waals surface area contributed by atoms with E-state index in [0.29, 0.717) is 24.7 Å². The van der Waals surface area contributed by atoms with Gasteiger partial charge < -0.3 is 9.73 Å². The zero-order chi connectivity index (χ0) is 14.8. The first-order valence-corrected chi connectivity index (χ1v) is 7.27. The van der Waals surface area contributed by atoms with E-state index in [1.807, 2.05) is 18.5 Å². The van der Waals surface area contributed by atoms with Crippen LogP contribution in [0.25, 0.3) is 0 Å². The molecule has 0 bridgehead atoms. The van der Waals surface area contributed by atoms with E-state index in [0.717, 1.165) is 30.9 Å². The number of carbonyl (C=O) groups is 1. The van der Waals surface area contributed by atoms with Gasteiger partial charge in [0.2, 0.25) is 5.91 Å². The first-order valence-electron chi connectivity index (χ1n) is 7.27. The predicted molar refractivity (Wildman–Crippen MR) is 74.3 cm³/mol. The largest absolute Gasteiger partial charge is 0.444 e. The molecule has 7 heteroatoms. The van der Waals surface area contributed by atoms with Crippen molar-refractivity contribution in [3.8, 4) is 0 Å². The van der Waals surface area contributed by atoms with Gasteiger partial charge in [0, 0.05) is 12.8 Å². The number of oxazole rings is 1. The Balaban J connectivity index is 1.56. The minimum atomic E-state index is -0.0628. The van der Waals surface area contributed by atoms with E-state index in [-0.39, 0.29) is 11.8 Å². The highest BCUT2D eigenvalue weighted by Crippen LogP contribution is 2.18. The Bertz CT molecular complexity index is 646. The average Bonchev–Trinajstić information content (AvgIpc) is 3.08. The highest BCUT2D eigenvalue weighted by Gasteiger charge is 2.26. The molecule has 1 N–H and O–H groups in total. The summed E-state index contributed by atoms with van der Waals surface area (Å²) in [7, 11) is 0. The Morgan fingerprint density at radius 3 is 3.19 bits per heavy atom. The molecule has 0 saturated carbocycles. The van der Waals surface area contributed by atoms with Crippen molar-refractivity contribution in [1.29, 1.82) is 0 Å². The van der Waals surface area contributed by atoms with E-state index in [9.17, 15) is 4.79 Å². The third-order valence-electron chi connectivity index (χ3n) is 3.68. The molecule has 0 spiro atoms. The van der Waals surface area contributed by atoms with Gasteiger partial charge in [0.25, 0.3) is 0 Å². The molecule has 2 aromatic rings. The monoisotopic (exact) mass is 289 g/mol. The normalized spacial score (nSPS) is 17.5. The van der Waals surface area contributed by atoms with Gasteiger partial charge in [-0.15, -0.1) is 0 Å². The molecule has 0 saturated heterocycles. The summed E-state index contributed by atoms with van der Waals surface area (Å²) >= 11 is 0. The van der Waals surface area contributed by atoms with Crippen LogP contribution in [-0.2, 0) is 30.7 Å². The van der Waals surface area contributed by atoms with Gasteiger partial charge in [0.15, 0.2) is 5.89 Å². The van der Waals surface area contributed by atoms with E-state index >= 15 is 0 Å². The summed E-state index contributed by atoms with van der Waals surface area (Å²) < 4.78 is 7.32. The summed E-state index contributed by atoms with van der Waals surface area (Å²) in [6.45, 7) is 4.83. The fraction of sp³-hybridized carbons (Fsp3) is 0.571. The number of fused-ring (bicyclic) bond motifs is 1. The summed E-state index contributed by atoms with van der Waals surface area (Å²) in [4.78, 5) is 20.7. The maximum Gasteiger partial charge on any atom is 0.225 e. The molecule has 0 aromatic carbocycles. The van der Waals surface area contributed by atoms with Crippen molar-refractivity contribution in [3.05, 3.63) is 29.5 Å². The van der Waals surface area contributed by atoms with Crippen molar-refractivity contribution < 1.29 is 9.21 Å². The second kappa shape index (κ2) is 5.67. The van der Waals surface area contributed by atoms with E-state index in [4.69, 9.17) is 4.42 Å². The first kappa shape index (κ1) is 13.8. The standard InChI is InChI=1S/C14H19N5O2/c1-3-13-15-6-11(21-13)7-16-14(20)10-4-5-12-17-9(2)18-19(12)8-10/h6,10H,3-5,7-8H2,1-2H3,(H,16,20). The van der Waals surface area contributed by atoms with Crippen LogP contribution in [0.5, 0.6) is 0 Å². The Morgan fingerprint density at radius 2 is 2.43 bits per heavy atom. The Kier molecular flexibility index (Phi) is 3.72. The highest BCUT2D eigenvalue weighted by molar-refractivity contribution is 5.78. The molecule has 0 fully saturated rings. The minimum Gasteiger partial charge on any atom is -0.444 e. The zero-order valence-corrected chi connectivity index (χ0v) is 12.3. The number of hydrogen-bond donors (Lipinski definition) is 1. The molecule has 1 unspecified atom stereocenters. The third kappa shape index (κ3) is 2.96. The van der Waals surface area contributed by atoms with Crippen LogP contribution in [0.3, 0.4) is 0 Å². The summed E-state index contributed by atoms with van der Waals surface area (Å²) in [5.41, 5.74) is 0. The number of nitrogens with zero attached hydrogens (tertiary/aromatic N) is 4. The van der Waals surface area contributed by atoms with Gasteiger partial charge in [-0.25, -0.2) is 14.6 Å². The predicted octanol–water partition coefficient (Wildman–Crippen LogP) is 1.02. The lowest BCUT2D eigenvalue weighted by atomic mass is 9.99. The Labute approximate surface area is 122 Å². The molecule has 0 radical (unpaired) electrons. The number of aryl methyl sites for hydroxylation is 3. The molecular formula is C14H19N5O2. The number of aromatic nitrogens is 4. The van der Waals surface area contributed by atoms with E-state index < -0.39 is 0 Å². The topological polar surface area (TPSA) is 85.8 Å². The van der Waals surface area contributed by atoms with Crippen molar-refractivity contribution >= 4 is 5.91 Å².